The van der Waals surface area contributed by atoms with Crippen LogP contribution in [0.25, 0.3) is 0 Å². The minimum absolute atomic E-state index is 0.372. The zero-order valence-corrected chi connectivity index (χ0v) is 11.8. The molecule has 0 radical (unpaired) electrons. The molecule has 0 aliphatic carbocycles. The second kappa shape index (κ2) is 12.4. The highest BCUT2D eigenvalue weighted by Gasteiger charge is 1.93. The van der Waals surface area contributed by atoms with Gasteiger partial charge in [-0.05, 0) is 45.4 Å². The molecule has 0 aromatic rings. The predicted molar refractivity (Wildman–Crippen MR) is 70.3 cm³/mol. The first-order valence-electron chi connectivity index (χ1n) is 5.30. The van der Waals surface area contributed by atoms with E-state index in [1.54, 1.807) is 7.11 Å². The van der Waals surface area contributed by atoms with E-state index in [-0.39, 0.29) is 0 Å². The second-order valence-electron chi connectivity index (χ2n) is 3.09. The summed E-state index contributed by atoms with van der Waals surface area (Å²) >= 11 is 2.38. The smallest absolute Gasteiger partial charge is 0.146 e. The monoisotopic (exact) mass is 328 g/mol. The zero-order chi connectivity index (χ0) is 11.4. The molecule has 15 heavy (non-hydrogen) atoms. The van der Waals surface area contributed by atoms with Crippen LogP contribution in [0.2, 0.25) is 0 Å². The van der Waals surface area contributed by atoms with Crippen molar-refractivity contribution < 1.29 is 14.2 Å². The third-order valence-electron chi connectivity index (χ3n) is 1.73. The van der Waals surface area contributed by atoms with Crippen LogP contribution in [-0.2, 0) is 14.2 Å². The van der Waals surface area contributed by atoms with Crippen LogP contribution >= 0.6 is 22.6 Å². The molecular weight excluding hydrogens is 307 g/mol. The highest BCUT2D eigenvalue weighted by atomic mass is 127. The Morgan fingerprint density at radius 1 is 1.20 bits per heavy atom. The van der Waals surface area contributed by atoms with Crippen LogP contribution in [0.5, 0.6) is 0 Å². The van der Waals surface area contributed by atoms with E-state index in [0.717, 1.165) is 25.9 Å². The zero-order valence-electron chi connectivity index (χ0n) is 9.63. The maximum atomic E-state index is 5.30. The van der Waals surface area contributed by atoms with E-state index in [2.05, 4.69) is 35.6 Å². The highest BCUT2D eigenvalue weighted by molar-refractivity contribution is 14.1. The maximum Gasteiger partial charge on any atom is 0.146 e. The molecule has 0 N–H and O–H groups in total. The Hall–Kier alpha value is 0.350. The van der Waals surface area contributed by atoms with Crippen LogP contribution in [0.1, 0.15) is 26.2 Å². The van der Waals surface area contributed by atoms with Gasteiger partial charge in [-0.2, -0.15) is 0 Å². The van der Waals surface area contributed by atoms with Crippen LogP contribution in [0, 0.1) is 0 Å². The van der Waals surface area contributed by atoms with Crippen molar-refractivity contribution in [3.63, 3.8) is 0 Å². The Kier molecular flexibility index (Phi) is 12.7. The first-order valence-corrected chi connectivity index (χ1v) is 6.38. The molecule has 4 heteroatoms. The molecule has 0 saturated heterocycles. The molecule has 0 heterocycles. The Balaban J connectivity index is 3.08. The molecule has 0 unspecified atom stereocenters. The summed E-state index contributed by atoms with van der Waals surface area (Å²) in [7, 11) is 1.66. The Bertz CT molecular complexity index is 160. The Labute approximate surface area is 106 Å². The molecule has 0 aromatic heterocycles. The van der Waals surface area contributed by atoms with Crippen molar-refractivity contribution in [3.8, 4) is 0 Å². The van der Waals surface area contributed by atoms with E-state index >= 15 is 0 Å². The summed E-state index contributed by atoms with van der Waals surface area (Å²) in [4.78, 5) is 0. The average Bonchev–Trinajstić information content (AvgIpc) is 2.22. The van der Waals surface area contributed by atoms with Gasteiger partial charge in [-0.15, -0.1) is 0 Å². The summed E-state index contributed by atoms with van der Waals surface area (Å²) in [5, 5.41) is 0. The minimum atomic E-state index is 0.372. The van der Waals surface area contributed by atoms with Crippen LogP contribution in [0.3, 0.4) is 0 Å². The molecule has 0 rings (SSSR count). The van der Waals surface area contributed by atoms with Gasteiger partial charge < -0.3 is 14.2 Å². The lowest BCUT2D eigenvalue weighted by Crippen LogP contribution is -2.06. The van der Waals surface area contributed by atoms with Gasteiger partial charge in [0.2, 0.25) is 0 Å². The predicted octanol–water partition coefficient (Wildman–Crippen LogP) is 3.13. The molecule has 0 aliphatic heterocycles. The van der Waals surface area contributed by atoms with Crippen molar-refractivity contribution in [3.05, 3.63) is 9.66 Å². The summed E-state index contributed by atoms with van der Waals surface area (Å²) in [6.07, 6.45) is 5.52. The topological polar surface area (TPSA) is 27.7 Å². The summed E-state index contributed by atoms with van der Waals surface area (Å²) in [5.74, 6) is 0. The third kappa shape index (κ3) is 12.3. The van der Waals surface area contributed by atoms with Crippen molar-refractivity contribution >= 4 is 22.6 Å². The molecule has 0 bridgehead atoms. The number of halogens is 1. The van der Waals surface area contributed by atoms with Crippen LogP contribution in [0.15, 0.2) is 9.66 Å². The quantitative estimate of drug-likeness (QED) is 0.350. The van der Waals surface area contributed by atoms with Crippen molar-refractivity contribution in [1.29, 1.82) is 0 Å². The fourth-order valence-electron chi connectivity index (χ4n) is 0.986. The van der Waals surface area contributed by atoms with Gasteiger partial charge in [0.25, 0.3) is 0 Å². The van der Waals surface area contributed by atoms with Crippen molar-refractivity contribution in [2.75, 3.05) is 33.7 Å². The summed E-state index contributed by atoms with van der Waals surface area (Å²) in [6, 6.07) is 0. The fourth-order valence-corrected chi connectivity index (χ4v) is 1.81. The number of allylic oxidation sites excluding steroid dienone is 2. The highest BCUT2D eigenvalue weighted by Crippen LogP contribution is 2.13. The van der Waals surface area contributed by atoms with Crippen molar-refractivity contribution in [1.82, 2.24) is 0 Å². The SMILES string of the molecule is CC/C=C(/I)CCCOCOCCOC. The number of ether oxygens (including phenoxy) is 3. The van der Waals surface area contributed by atoms with Gasteiger partial charge in [-0.3, -0.25) is 0 Å². The lowest BCUT2D eigenvalue weighted by atomic mass is 10.3. The molecule has 0 aliphatic rings. The van der Waals surface area contributed by atoms with Crippen LogP contribution in [0.4, 0.5) is 0 Å². The summed E-state index contributed by atoms with van der Waals surface area (Å²) < 4.78 is 16.7. The minimum Gasteiger partial charge on any atom is -0.382 e. The molecule has 90 valence electrons. The Morgan fingerprint density at radius 2 is 1.93 bits per heavy atom. The van der Waals surface area contributed by atoms with E-state index in [0.29, 0.717) is 20.0 Å². The molecule has 0 fully saturated rings. The van der Waals surface area contributed by atoms with E-state index in [1.807, 2.05) is 0 Å². The molecule has 0 saturated carbocycles. The van der Waals surface area contributed by atoms with E-state index in [9.17, 15) is 0 Å². The van der Waals surface area contributed by atoms with Crippen LogP contribution in [-0.4, -0.2) is 33.7 Å². The largest absolute Gasteiger partial charge is 0.382 e. The second-order valence-corrected chi connectivity index (χ2v) is 4.48. The van der Waals surface area contributed by atoms with E-state index < -0.39 is 0 Å². The molecule has 0 atom stereocenters. The lowest BCUT2D eigenvalue weighted by molar-refractivity contribution is -0.0659. The van der Waals surface area contributed by atoms with Crippen LogP contribution < -0.4 is 0 Å². The van der Waals surface area contributed by atoms with Crippen molar-refractivity contribution in [2.24, 2.45) is 0 Å². The molecule has 3 nitrogen and oxygen atoms in total. The number of hydrogen-bond acceptors (Lipinski definition) is 3. The number of hydrogen-bond donors (Lipinski definition) is 0. The average molecular weight is 328 g/mol. The first-order chi connectivity index (χ1) is 7.31. The van der Waals surface area contributed by atoms with Gasteiger partial charge in [0, 0.05) is 13.7 Å². The van der Waals surface area contributed by atoms with Gasteiger partial charge in [-0.1, -0.05) is 13.0 Å². The molecule has 0 spiro atoms. The standard InChI is InChI=1S/C11H21IO3/c1-3-5-11(12)6-4-7-14-10-15-9-8-13-2/h5H,3-4,6-10H2,1-2H3/b11-5+. The van der Waals surface area contributed by atoms with Gasteiger partial charge in [0.15, 0.2) is 0 Å². The van der Waals surface area contributed by atoms with E-state index in [1.165, 1.54) is 3.58 Å². The normalized spacial score (nSPS) is 12.1. The summed E-state index contributed by atoms with van der Waals surface area (Å²) in [6.45, 7) is 4.51. The number of methoxy groups -OCH3 is 1. The fraction of sp³-hybridized carbons (Fsp3) is 0.818. The van der Waals surface area contributed by atoms with Gasteiger partial charge in [-0.25, -0.2) is 0 Å². The maximum absolute atomic E-state index is 5.30. The van der Waals surface area contributed by atoms with Gasteiger partial charge in [0.05, 0.1) is 13.2 Å². The molecular formula is C11H21IO3. The molecule has 0 amide bonds. The van der Waals surface area contributed by atoms with Crippen molar-refractivity contribution in [2.45, 2.75) is 26.2 Å². The van der Waals surface area contributed by atoms with Gasteiger partial charge >= 0.3 is 0 Å². The lowest BCUT2D eigenvalue weighted by Gasteiger charge is -2.05. The first kappa shape index (κ1) is 15.3. The summed E-state index contributed by atoms with van der Waals surface area (Å²) in [5.41, 5.74) is 0. The van der Waals surface area contributed by atoms with Gasteiger partial charge in [0.1, 0.15) is 6.79 Å². The van der Waals surface area contributed by atoms with E-state index in [4.69, 9.17) is 14.2 Å². The third-order valence-corrected chi connectivity index (χ3v) is 2.71. The Morgan fingerprint density at radius 3 is 2.60 bits per heavy atom. The molecule has 0 aromatic carbocycles. The number of rotatable bonds is 10.